The Morgan fingerprint density at radius 3 is 2.35 bits per heavy atom. The van der Waals surface area contributed by atoms with Crippen molar-refractivity contribution in [3.05, 3.63) is 0 Å². The normalized spacial score (nSPS) is 28.5. The van der Waals surface area contributed by atoms with Gasteiger partial charge >= 0.3 is 0 Å². The molecule has 1 rings (SSSR count). The van der Waals surface area contributed by atoms with E-state index in [1.54, 1.807) is 6.92 Å². The molecule has 1 aliphatic rings. The summed E-state index contributed by atoms with van der Waals surface area (Å²) >= 11 is 0. The maximum absolute atomic E-state index is 11.5. The molecule has 6 unspecified atom stereocenters. The lowest BCUT2D eigenvalue weighted by Crippen LogP contribution is -2.54. The second kappa shape index (κ2) is 14.9. The maximum atomic E-state index is 11.5. The minimum atomic E-state index is -1.29. The van der Waals surface area contributed by atoms with Gasteiger partial charge in [0.05, 0.1) is 24.9 Å². The number of likely N-dealkylation sites (N-methyl/N-ethyl adjacent to an activating group) is 1. The van der Waals surface area contributed by atoms with E-state index in [-0.39, 0.29) is 37.1 Å². The Morgan fingerprint density at radius 1 is 1.15 bits per heavy atom. The fourth-order valence-corrected chi connectivity index (χ4v) is 5.31. The van der Waals surface area contributed by atoms with Gasteiger partial charge in [0.25, 0.3) is 0 Å². The van der Waals surface area contributed by atoms with Crippen LogP contribution in [-0.4, -0.2) is 85.0 Å². The zero-order chi connectivity index (χ0) is 26.1. The summed E-state index contributed by atoms with van der Waals surface area (Å²) in [4.78, 5) is 13.6. The van der Waals surface area contributed by atoms with Gasteiger partial charge in [0, 0.05) is 32.0 Å². The number of aliphatic hydroxyl groups is 2. The molecule has 0 saturated carbocycles. The first kappa shape index (κ1) is 31.5. The molecule has 7 heteroatoms. The molecule has 1 saturated heterocycles. The van der Waals surface area contributed by atoms with Gasteiger partial charge < -0.3 is 34.1 Å². The summed E-state index contributed by atoms with van der Waals surface area (Å²) in [7, 11) is 3.51. The molecule has 1 fully saturated rings. The van der Waals surface area contributed by atoms with E-state index in [9.17, 15) is 15.0 Å². The molecule has 0 aromatic heterocycles. The molecule has 1 heterocycles. The van der Waals surface area contributed by atoms with E-state index in [2.05, 4.69) is 32.6 Å². The van der Waals surface area contributed by atoms with Gasteiger partial charge in [0.2, 0.25) is 0 Å². The predicted molar refractivity (Wildman–Crippen MR) is 136 cm³/mol. The quantitative estimate of drug-likeness (QED) is 0.319. The molecule has 0 radical (unpaired) electrons. The summed E-state index contributed by atoms with van der Waals surface area (Å²) in [6, 6.07) is -0.200. The predicted octanol–water partition coefficient (Wildman–Crippen LogP) is 3.89. The van der Waals surface area contributed by atoms with Crippen LogP contribution < -0.4 is 0 Å². The van der Waals surface area contributed by atoms with Gasteiger partial charge in [-0.3, -0.25) is 0 Å². The molecule has 1 aliphatic heterocycles. The number of aliphatic hydroxyl groups excluding tert-OH is 1. The number of rotatable bonds is 16. The maximum Gasteiger partial charge on any atom is 0.158 e. The fourth-order valence-electron chi connectivity index (χ4n) is 5.31. The highest BCUT2D eigenvalue weighted by Crippen LogP contribution is 2.29. The second-order valence-corrected chi connectivity index (χ2v) is 11.6. The second-order valence-electron chi connectivity index (χ2n) is 11.6. The Balaban J connectivity index is 2.54. The van der Waals surface area contributed by atoms with Gasteiger partial charge in [0.15, 0.2) is 6.29 Å². The minimum absolute atomic E-state index is 0.0884. The fraction of sp³-hybridized carbons (Fsp3) is 0.963. The first-order valence-corrected chi connectivity index (χ1v) is 13.2. The zero-order valence-electron chi connectivity index (χ0n) is 23.2. The Hall–Kier alpha value is -0.570. The Bertz CT molecular complexity index is 563. The molecule has 2 N–H and O–H groups in total. The third-order valence-corrected chi connectivity index (χ3v) is 7.42. The summed E-state index contributed by atoms with van der Waals surface area (Å²) in [5.74, 6) is 1.31. The monoisotopic (exact) mass is 487 g/mol. The van der Waals surface area contributed by atoms with E-state index in [0.29, 0.717) is 17.8 Å². The van der Waals surface area contributed by atoms with Crippen LogP contribution in [0.25, 0.3) is 0 Å². The lowest BCUT2D eigenvalue weighted by Gasteiger charge is -2.38. The van der Waals surface area contributed by atoms with E-state index in [4.69, 9.17) is 14.2 Å². The van der Waals surface area contributed by atoms with Crippen LogP contribution in [0.5, 0.6) is 0 Å². The Morgan fingerprint density at radius 2 is 1.79 bits per heavy atom. The number of aldehydes is 1. The minimum Gasteiger partial charge on any atom is -0.388 e. The molecule has 10 atom stereocenters. The highest BCUT2D eigenvalue weighted by atomic mass is 16.7. The number of hydrogen-bond acceptors (Lipinski definition) is 7. The zero-order valence-corrected chi connectivity index (χ0v) is 23.2. The first-order valence-electron chi connectivity index (χ1n) is 13.2. The summed E-state index contributed by atoms with van der Waals surface area (Å²) in [6.07, 6.45) is 4.72. The average Bonchev–Trinajstić information content (AvgIpc) is 2.73. The first-order chi connectivity index (χ1) is 15.8. The number of hydrogen-bond donors (Lipinski definition) is 2. The Kier molecular flexibility index (Phi) is 13.8. The summed E-state index contributed by atoms with van der Waals surface area (Å²) < 4.78 is 17.3. The molecule has 202 valence electrons. The SMILES string of the molecule is COCC(C)(O)C(O)C(C)N(C)C[C@H](C)C[C@H](C)CC[C@H](O[C@H]1CC(C)CC(C)O1)C(C)C=O. The van der Waals surface area contributed by atoms with Gasteiger partial charge in [-0.05, 0) is 71.3 Å². The smallest absolute Gasteiger partial charge is 0.158 e. The van der Waals surface area contributed by atoms with Crippen LogP contribution in [0.1, 0.15) is 80.6 Å². The van der Waals surface area contributed by atoms with Gasteiger partial charge in [-0.15, -0.1) is 0 Å². The van der Waals surface area contributed by atoms with Crippen LogP contribution in [-0.2, 0) is 19.0 Å². The van der Waals surface area contributed by atoms with Crippen molar-refractivity contribution in [3.63, 3.8) is 0 Å². The molecular formula is C27H53NO6. The number of carbonyl (C=O) groups excluding carboxylic acids is 1. The lowest BCUT2D eigenvalue weighted by molar-refractivity contribution is -0.227. The van der Waals surface area contributed by atoms with Crippen LogP contribution >= 0.6 is 0 Å². The van der Waals surface area contributed by atoms with Crippen molar-refractivity contribution in [1.82, 2.24) is 4.90 Å². The lowest BCUT2D eigenvalue weighted by atomic mass is 9.89. The van der Waals surface area contributed by atoms with E-state index in [0.717, 1.165) is 44.9 Å². The van der Waals surface area contributed by atoms with Crippen LogP contribution in [0.4, 0.5) is 0 Å². The molecule has 7 nitrogen and oxygen atoms in total. The number of carbonyl (C=O) groups is 1. The van der Waals surface area contributed by atoms with Gasteiger partial charge in [0.1, 0.15) is 11.9 Å². The van der Waals surface area contributed by atoms with E-state index < -0.39 is 11.7 Å². The average molecular weight is 488 g/mol. The van der Waals surface area contributed by atoms with E-state index in [1.165, 1.54) is 7.11 Å². The van der Waals surface area contributed by atoms with Crippen LogP contribution in [0.3, 0.4) is 0 Å². The van der Waals surface area contributed by atoms with E-state index in [1.807, 2.05) is 20.9 Å². The highest BCUT2D eigenvalue weighted by molar-refractivity contribution is 5.53. The number of methoxy groups -OCH3 is 1. The molecule has 34 heavy (non-hydrogen) atoms. The van der Waals surface area contributed by atoms with Crippen molar-refractivity contribution in [3.8, 4) is 0 Å². The van der Waals surface area contributed by atoms with Crippen molar-refractivity contribution in [2.75, 3.05) is 27.3 Å². The number of ether oxygens (including phenoxy) is 3. The van der Waals surface area contributed by atoms with Gasteiger partial charge in [-0.2, -0.15) is 0 Å². The number of nitrogens with zero attached hydrogens (tertiary/aromatic N) is 1. The third kappa shape index (κ3) is 10.6. The van der Waals surface area contributed by atoms with Gasteiger partial charge in [-0.1, -0.05) is 27.7 Å². The van der Waals surface area contributed by atoms with Crippen molar-refractivity contribution >= 4 is 6.29 Å². The van der Waals surface area contributed by atoms with Crippen LogP contribution in [0.15, 0.2) is 0 Å². The van der Waals surface area contributed by atoms with Crippen LogP contribution in [0.2, 0.25) is 0 Å². The third-order valence-electron chi connectivity index (χ3n) is 7.42. The standard InChI is InChI=1S/C27H53NO6/c1-18(12-20(3)15-28(8)23(6)26(30)27(7,31)17-32-9)10-11-24(21(4)16-29)34-25-14-19(2)13-22(5)33-25/h16,18-26,30-31H,10-15,17H2,1-9H3/t18-,19?,20-,21?,22?,23?,24+,25+,26?,27?/m1/s1. The summed E-state index contributed by atoms with van der Waals surface area (Å²) in [6.45, 7) is 15.2. The van der Waals surface area contributed by atoms with Crippen LogP contribution in [0, 0.1) is 23.7 Å². The molecule has 0 spiro atoms. The molecule has 0 bridgehead atoms. The summed E-state index contributed by atoms with van der Waals surface area (Å²) in [5.41, 5.74) is -1.29. The van der Waals surface area contributed by atoms with Gasteiger partial charge in [-0.25, -0.2) is 0 Å². The topological polar surface area (TPSA) is 88.5 Å². The Labute approximate surface area is 208 Å². The highest BCUT2D eigenvalue weighted by Gasteiger charge is 2.36. The molecular weight excluding hydrogens is 434 g/mol. The van der Waals surface area contributed by atoms with Crippen molar-refractivity contribution in [2.45, 2.75) is 117 Å². The van der Waals surface area contributed by atoms with Crippen molar-refractivity contribution in [2.24, 2.45) is 23.7 Å². The molecule has 0 aromatic carbocycles. The molecule has 0 aromatic rings. The van der Waals surface area contributed by atoms with Crippen molar-refractivity contribution in [1.29, 1.82) is 0 Å². The summed E-state index contributed by atoms with van der Waals surface area (Å²) in [5, 5.41) is 21.1. The van der Waals surface area contributed by atoms with Crippen molar-refractivity contribution < 1.29 is 29.2 Å². The molecule has 0 amide bonds. The van der Waals surface area contributed by atoms with E-state index >= 15 is 0 Å². The largest absolute Gasteiger partial charge is 0.388 e. The molecule has 0 aliphatic carbocycles.